The van der Waals surface area contributed by atoms with Crippen LogP contribution >= 0.6 is 15.9 Å². The number of anilines is 1. The average molecular weight is 584 g/mol. The van der Waals surface area contributed by atoms with Gasteiger partial charge in [-0.2, -0.15) is 0 Å². The van der Waals surface area contributed by atoms with Crippen molar-refractivity contribution < 1.29 is 26.7 Å². The van der Waals surface area contributed by atoms with Gasteiger partial charge in [-0.25, -0.2) is 26.0 Å². The lowest BCUT2D eigenvalue weighted by molar-refractivity contribution is 0.0210. The van der Waals surface area contributed by atoms with Crippen LogP contribution in [-0.4, -0.2) is 48.1 Å². The van der Waals surface area contributed by atoms with Gasteiger partial charge in [-0.15, -0.1) is 0 Å². The van der Waals surface area contributed by atoms with Crippen molar-refractivity contribution in [2.24, 2.45) is 0 Å². The van der Waals surface area contributed by atoms with Gasteiger partial charge in [0.25, 0.3) is 16.4 Å². The minimum atomic E-state index is -4.14. The maximum absolute atomic E-state index is 14.1. The number of nitrogens with zero attached hydrogens (tertiary/aromatic N) is 2. The first-order valence-electron chi connectivity index (χ1n) is 11.5. The second-order valence-corrected chi connectivity index (χ2v) is 12.3. The quantitative estimate of drug-likeness (QED) is 0.376. The molecule has 0 saturated carbocycles. The van der Waals surface area contributed by atoms with Gasteiger partial charge >= 0.3 is 6.09 Å². The fourth-order valence-corrected chi connectivity index (χ4v) is 6.62. The molecule has 3 aromatic rings. The van der Waals surface area contributed by atoms with Crippen LogP contribution in [0.3, 0.4) is 0 Å². The molecule has 11 heteroatoms. The van der Waals surface area contributed by atoms with Crippen LogP contribution in [0.2, 0.25) is 0 Å². The summed E-state index contributed by atoms with van der Waals surface area (Å²) in [7, 11) is -4.14. The summed E-state index contributed by atoms with van der Waals surface area (Å²) in [5.41, 5.74) is -0.358. The Kier molecular flexibility index (Phi) is 7.34. The molecule has 0 bridgehead atoms. The second-order valence-electron chi connectivity index (χ2n) is 9.70. The van der Waals surface area contributed by atoms with Gasteiger partial charge in [0.2, 0.25) is 0 Å². The van der Waals surface area contributed by atoms with Gasteiger partial charge in [-0.3, -0.25) is 0 Å². The van der Waals surface area contributed by atoms with Gasteiger partial charge in [0.05, 0.1) is 5.52 Å². The third kappa shape index (κ3) is 5.36. The summed E-state index contributed by atoms with van der Waals surface area (Å²) < 4.78 is 61.8. The molecule has 36 heavy (non-hydrogen) atoms. The number of ether oxygens (including phenoxy) is 1. The Labute approximate surface area is 217 Å². The van der Waals surface area contributed by atoms with Crippen molar-refractivity contribution in [2.75, 3.05) is 18.4 Å². The smallest absolute Gasteiger partial charge is 0.410 e. The molecule has 0 radical (unpaired) electrons. The molecule has 1 saturated heterocycles. The molecule has 0 unspecified atom stereocenters. The van der Waals surface area contributed by atoms with E-state index in [0.717, 1.165) is 10.2 Å². The SMILES string of the molecule is CC(C)(C)OC(=O)N1CCC(Nc2cccc3c2c(C(F)F)cn3S(=O)(=O)c2ccccc2Br)CC1. The van der Waals surface area contributed by atoms with Crippen LogP contribution in [0.1, 0.15) is 45.6 Å². The first kappa shape index (κ1) is 26.4. The molecule has 2 aromatic carbocycles. The van der Waals surface area contributed by atoms with E-state index in [9.17, 15) is 22.0 Å². The van der Waals surface area contributed by atoms with Crippen molar-refractivity contribution >= 4 is 48.6 Å². The molecule has 0 spiro atoms. The van der Waals surface area contributed by atoms with Crippen molar-refractivity contribution in [1.82, 2.24) is 8.87 Å². The predicted octanol–water partition coefficient (Wildman–Crippen LogP) is 6.39. The molecular weight excluding hydrogens is 556 g/mol. The number of benzene rings is 2. The lowest BCUT2D eigenvalue weighted by Gasteiger charge is -2.34. The van der Waals surface area contributed by atoms with Crippen molar-refractivity contribution in [2.45, 2.75) is 56.6 Å². The summed E-state index contributed by atoms with van der Waals surface area (Å²) in [6.07, 6.45) is -1.07. The molecule has 1 amide bonds. The van der Waals surface area contributed by atoms with Crippen molar-refractivity contribution in [1.29, 1.82) is 0 Å². The number of aromatic nitrogens is 1. The maximum atomic E-state index is 14.1. The molecule has 0 aliphatic carbocycles. The third-order valence-electron chi connectivity index (χ3n) is 5.94. The summed E-state index contributed by atoms with van der Waals surface area (Å²) >= 11 is 3.25. The van der Waals surface area contributed by atoms with Crippen LogP contribution in [0.5, 0.6) is 0 Å². The van der Waals surface area contributed by atoms with E-state index in [-0.39, 0.29) is 33.5 Å². The van der Waals surface area contributed by atoms with E-state index in [4.69, 9.17) is 4.74 Å². The number of carbonyl (C=O) groups excluding carboxylic acids is 1. The van der Waals surface area contributed by atoms with Crippen LogP contribution < -0.4 is 5.32 Å². The molecular formula is C25H28BrF2N3O4S. The van der Waals surface area contributed by atoms with E-state index >= 15 is 0 Å². The van der Waals surface area contributed by atoms with Gasteiger partial charge in [-0.1, -0.05) is 18.2 Å². The second kappa shape index (κ2) is 10.0. The van der Waals surface area contributed by atoms with Gasteiger partial charge in [0, 0.05) is 46.4 Å². The maximum Gasteiger partial charge on any atom is 0.410 e. The van der Waals surface area contributed by atoms with E-state index in [1.165, 1.54) is 12.1 Å². The zero-order valence-corrected chi connectivity index (χ0v) is 22.6. The largest absolute Gasteiger partial charge is 0.444 e. The Balaban J connectivity index is 1.64. The topological polar surface area (TPSA) is 80.6 Å². The van der Waals surface area contributed by atoms with Crippen LogP contribution in [0.4, 0.5) is 19.3 Å². The number of piperidine rings is 1. The van der Waals surface area contributed by atoms with Gasteiger partial charge in [0.1, 0.15) is 10.5 Å². The van der Waals surface area contributed by atoms with E-state index in [1.54, 1.807) is 35.2 Å². The Morgan fingerprint density at radius 3 is 2.39 bits per heavy atom. The number of hydrogen-bond acceptors (Lipinski definition) is 5. The van der Waals surface area contributed by atoms with E-state index in [1.807, 2.05) is 20.8 Å². The fourth-order valence-electron chi connectivity index (χ4n) is 4.28. The van der Waals surface area contributed by atoms with Crippen molar-refractivity contribution in [3.8, 4) is 0 Å². The van der Waals surface area contributed by atoms with Crippen molar-refractivity contribution in [3.05, 3.63) is 58.7 Å². The van der Waals surface area contributed by atoms with E-state index < -0.39 is 22.0 Å². The number of rotatable bonds is 5. The average Bonchev–Trinajstić information content (AvgIpc) is 3.21. The first-order valence-corrected chi connectivity index (χ1v) is 13.8. The normalized spacial score (nSPS) is 15.5. The summed E-state index contributed by atoms with van der Waals surface area (Å²) in [6.45, 7) is 6.35. The highest BCUT2D eigenvalue weighted by Gasteiger charge is 2.30. The molecule has 1 aliphatic rings. The van der Waals surface area contributed by atoms with Gasteiger partial charge in [-0.05, 0) is 73.8 Å². The number of nitrogens with one attached hydrogen (secondary N) is 1. The predicted molar refractivity (Wildman–Crippen MR) is 138 cm³/mol. The fraction of sp³-hybridized carbons (Fsp3) is 0.400. The molecule has 1 aliphatic heterocycles. The number of hydrogen-bond donors (Lipinski definition) is 1. The zero-order chi connectivity index (χ0) is 26.3. The number of alkyl halides is 2. The standard InChI is InChI=1S/C25H28BrF2N3O4S/c1-25(2,3)35-24(32)30-13-11-16(12-14-30)29-19-8-6-9-20-22(19)17(23(27)28)15-31(20)36(33,34)21-10-5-4-7-18(21)26/h4-10,15-16,23,29H,11-14H2,1-3H3. The Morgan fingerprint density at radius 1 is 1.11 bits per heavy atom. The van der Waals surface area contributed by atoms with E-state index in [0.29, 0.717) is 36.1 Å². The molecule has 0 atom stereocenters. The Morgan fingerprint density at radius 2 is 1.78 bits per heavy atom. The summed E-state index contributed by atoms with van der Waals surface area (Å²) in [5, 5.41) is 3.48. The lowest BCUT2D eigenvalue weighted by atomic mass is 10.0. The van der Waals surface area contributed by atoms with Gasteiger partial charge < -0.3 is 15.0 Å². The van der Waals surface area contributed by atoms with Crippen molar-refractivity contribution in [3.63, 3.8) is 0 Å². The number of likely N-dealkylation sites (tertiary alicyclic amines) is 1. The van der Waals surface area contributed by atoms with E-state index in [2.05, 4.69) is 21.2 Å². The van der Waals surface area contributed by atoms with Crippen LogP contribution in [-0.2, 0) is 14.8 Å². The highest BCUT2D eigenvalue weighted by molar-refractivity contribution is 9.10. The summed E-state index contributed by atoms with van der Waals surface area (Å²) in [5.74, 6) is 0. The third-order valence-corrected chi connectivity index (χ3v) is 8.63. The Bertz CT molecular complexity index is 1380. The first-order chi connectivity index (χ1) is 16.9. The molecule has 1 aromatic heterocycles. The molecule has 2 heterocycles. The number of amides is 1. The number of halogens is 3. The molecule has 194 valence electrons. The Hall–Kier alpha value is -2.66. The molecule has 1 fully saturated rings. The molecule has 4 rings (SSSR count). The zero-order valence-electron chi connectivity index (χ0n) is 20.2. The summed E-state index contributed by atoms with van der Waals surface area (Å²) in [4.78, 5) is 14.0. The molecule has 1 N–H and O–H groups in total. The summed E-state index contributed by atoms with van der Waals surface area (Å²) in [6, 6.07) is 11.0. The number of fused-ring (bicyclic) bond motifs is 1. The van der Waals surface area contributed by atoms with Gasteiger partial charge in [0.15, 0.2) is 0 Å². The lowest BCUT2D eigenvalue weighted by Crippen LogP contribution is -2.44. The minimum absolute atomic E-state index is 0.0180. The van der Waals surface area contributed by atoms with Crippen LogP contribution in [0.15, 0.2) is 58.0 Å². The number of carbonyl (C=O) groups is 1. The van der Waals surface area contributed by atoms with Crippen LogP contribution in [0, 0.1) is 0 Å². The monoisotopic (exact) mass is 583 g/mol. The highest BCUT2D eigenvalue weighted by atomic mass is 79.9. The minimum Gasteiger partial charge on any atom is -0.444 e. The van der Waals surface area contributed by atoms with Crippen LogP contribution in [0.25, 0.3) is 10.9 Å². The highest BCUT2D eigenvalue weighted by Crippen LogP contribution is 2.38. The molecule has 7 nitrogen and oxygen atoms in total.